The fraction of sp³-hybridized carbons (Fsp3) is 0.231. The summed E-state index contributed by atoms with van der Waals surface area (Å²) in [7, 11) is 0. The number of hydrogen-bond acceptors (Lipinski definition) is 2. The van der Waals surface area contributed by atoms with E-state index in [9.17, 15) is 0 Å². The summed E-state index contributed by atoms with van der Waals surface area (Å²) < 4.78 is 0.759. The van der Waals surface area contributed by atoms with Crippen LogP contribution in [0.4, 0.5) is 0 Å². The van der Waals surface area contributed by atoms with Gasteiger partial charge in [0.1, 0.15) is 10.5 Å². The number of aryl methyl sites for hydroxylation is 1. The second-order valence-corrected chi connectivity index (χ2v) is 4.55. The second-order valence-electron chi connectivity index (χ2n) is 4.11. The van der Waals surface area contributed by atoms with Crippen LogP contribution in [0.15, 0.2) is 36.5 Å². The van der Waals surface area contributed by atoms with Crippen molar-refractivity contribution >= 4 is 12.2 Å². The molecule has 80 valence electrons. The highest BCUT2D eigenvalue weighted by atomic mass is 32.1. The van der Waals surface area contributed by atoms with Crippen molar-refractivity contribution in [2.75, 3.05) is 0 Å². The molecule has 1 unspecified atom stereocenters. The van der Waals surface area contributed by atoms with Gasteiger partial charge in [-0.05, 0) is 30.0 Å². The highest BCUT2D eigenvalue weighted by Gasteiger charge is 2.24. The Labute approximate surface area is 99.4 Å². The Hall–Kier alpha value is -1.48. The number of benzene rings is 1. The molecular weight excluding hydrogens is 216 g/mol. The van der Waals surface area contributed by atoms with Crippen molar-refractivity contribution in [2.24, 2.45) is 0 Å². The van der Waals surface area contributed by atoms with Crippen LogP contribution in [0.25, 0.3) is 0 Å². The van der Waals surface area contributed by atoms with Gasteiger partial charge in [0.15, 0.2) is 0 Å². The quantitative estimate of drug-likeness (QED) is 0.759. The molecule has 1 atom stereocenters. The smallest absolute Gasteiger partial charge is 0.114 e. The van der Waals surface area contributed by atoms with Crippen LogP contribution in [-0.4, -0.2) is 9.97 Å². The molecule has 1 heterocycles. The van der Waals surface area contributed by atoms with Crippen LogP contribution in [0.1, 0.15) is 29.3 Å². The molecule has 0 radical (unpaired) electrons. The predicted octanol–water partition coefficient (Wildman–Crippen LogP) is 3.22. The van der Waals surface area contributed by atoms with Crippen molar-refractivity contribution in [3.05, 3.63) is 58.1 Å². The molecule has 0 saturated heterocycles. The van der Waals surface area contributed by atoms with Crippen molar-refractivity contribution in [2.45, 2.75) is 18.8 Å². The van der Waals surface area contributed by atoms with E-state index in [1.54, 1.807) is 6.20 Å². The SMILES string of the molecule is S=c1ccnc(C2CCc3ccccc32)[nH]1. The molecule has 1 aromatic heterocycles. The van der Waals surface area contributed by atoms with Crippen LogP contribution < -0.4 is 0 Å². The molecule has 0 amide bonds. The first kappa shape index (κ1) is 9.73. The maximum atomic E-state index is 5.14. The van der Waals surface area contributed by atoms with Crippen LogP contribution in [0.2, 0.25) is 0 Å². The lowest BCUT2D eigenvalue weighted by atomic mass is 10.0. The lowest BCUT2D eigenvalue weighted by Crippen LogP contribution is -2.02. The van der Waals surface area contributed by atoms with E-state index >= 15 is 0 Å². The van der Waals surface area contributed by atoms with E-state index < -0.39 is 0 Å². The van der Waals surface area contributed by atoms with Crippen LogP contribution in [0, 0.1) is 4.64 Å². The first-order valence-electron chi connectivity index (χ1n) is 5.47. The highest BCUT2D eigenvalue weighted by molar-refractivity contribution is 7.71. The molecule has 1 N–H and O–H groups in total. The number of hydrogen-bond donors (Lipinski definition) is 1. The van der Waals surface area contributed by atoms with Gasteiger partial charge in [0.25, 0.3) is 0 Å². The number of fused-ring (bicyclic) bond motifs is 1. The van der Waals surface area contributed by atoms with E-state index in [0.717, 1.165) is 23.3 Å². The summed E-state index contributed by atoms with van der Waals surface area (Å²) in [5.41, 5.74) is 2.84. The Morgan fingerprint density at radius 1 is 1.25 bits per heavy atom. The monoisotopic (exact) mass is 228 g/mol. The van der Waals surface area contributed by atoms with Crippen molar-refractivity contribution in [1.82, 2.24) is 9.97 Å². The standard InChI is InChI=1S/C13H12N2S/c16-12-7-8-14-13(15-12)11-6-5-9-3-1-2-4-10(9)11/h1-4,7-8,11H,5-6H2,(H,14,15,16). The first-order valence-corrected chi connectivity index (χ1v) is 5.88. The lowest BCUT2D eigenvalue weighted by molar-refractivity contribution is 0.726. The maximum absolute atomic E-state index is 5.14. The van der Waals surface area contributed by atoms with Gasteiger partial charge in [-0.3, -0.25) is 0 Å². The Balaban J connectivity index is 2.08. The molecule has 2 aromatic rings. The van der Waals surface area contributed by atoms with Crippen LogP contribution in [0.3, 0.4) is 0 Å². The normalized spacial score (nSPS) is 18.4. The topological polar surface area (TPSA) is 28.7 Å². The second kappa shape index (κ2) is 3.83. The molecular formula is C13H12N2S. The zero-order chi connectivity index (χ0) is 11.0. The summed E-state index contributed by atoms with van der Waals surface area (Å²) >= 11 is 5.14. The van der Waals surface area contributed by atoms with E-state index in [-0.39, 0.29) is 0 Å². The Bertz CT molecular complexity index is 574. The largest absolute Gasteiger partial charge is 0.334 e. The number of nitrogens with one attached hydrogen (secondary N) is 1. The minimum Gasteiger partial charge on any atom is -0.334 e. The first-order chi connectivity index (χ1) is 7.84. The van der Waals surface area contributed by atoms with E-state index in [1.807, 2.05) is 6.07 Å². The minimum absolute atomic E-state index is 0.388. The summed E-state index contributed by atoms with van der Waals surface area (Å²) in [6.45, 7) is 0. The van der Waals surface area contributed by atoms with Gasteiger partial charge < -0.3 is 4.98 Å². The van der Waals surface area contributed by atoms with Crippen molar-refractivity contribution in [3.63, 3.8) is 0 Å². The van der Waals surface area contributed by atoms with Crippen molar-refractivity contribution < 1.29 is 0 Å². The molecule has 3 rings (SSSR count). The third kappa shape index (κ3) is 1.57. The molecule has 0 fully saturated rings. The van der Waals surface area contributed by atoms with Crippen LogP contribution >= 0.6 is 12.2 Å². The average molecular weight is 228 g/mol. The minimum atomic E-state index is 0.388. The fourth-order valence-corrected chi connectivity index (χ4v) is 2.57. The molecule has 1 aromatic carbocycles. The van der Waals surface area contributed by atoms with E-state index in [1.165, 1.54) is 11.1 Å². The molecule has 0 spiro atoms. The molecule has 0 saturated carbocycles. The summed E-state index contributed by atoms with van der Waals surface area (Å²) in [6, 6.07) is 10.4. The van der Waals surface area contributed by atoms with Gasteiger partial charge in [-0.25, -0.2) is 4.98 Å². The molecule has 1 aliphatic rings. The Kier molecular flexibility index (Phi) is 2.33. The molecule has 0 aliphatic heterocycles. The Morgan fingerprint density at radius 2 is 2.12 bits per heavy atom. The zero-order valence-electron chi connectivity index (χ0n) is 8.81. The van der Waals surface area contributed by atoms with Gasteiger partial charge >= 0.3 is 0 Å². The number of aromatic nitrogens is 2. The number of H-pyrrole nitrogens is 1. The number of rotatable bonds is 1. The van der Waals surface area contributed by atoms with Gasteiger partial charge in [-0.15, -0.1) is 0 Å². The highest BCUT2D eigenvalue weighted by Crippen LogP contribution is 2.35. The fourth-order valence-electron chi connectivity index (χ4n) is 2.40. The zero-order valence-corrected chi connectivity index (χ0v) is 9.63. The molecule has 16 heavy (non-hydrogen) atoms. The number of aromatic amines is 1. The van der Waals surface area contributed by atoms with Crippen molar-refractivity contribution in [1.29, 1.82) is 0 Å². The molecule has 2 nitrogen and oxygen atoms in total. The summed E-state index contributed by atoms with van der Waals surface area (Å²) in [5, 5.41) is 0. The average Bonchev–Trinajstić information content (AvgIpc) is 2.72. The number of nitrogens with zero attached hydrogens (tertiary/aromatic N) is 1. The summed E-state index contributed by atoms with van der Waals surface area (Å²) in [6.07, 6.45) is 4.05. The predicted molar refractivity (Wildman–Crippen MR) is 66.0 cm³/mol. The maximum Gasteiger partial charge on any atom is 0.114 e. The van der Waals surface area contributed by atoms with Crippen LogP contribution in [-0.2, 0) is 6.42 Å². The van der Waals surface area contributed by atoms with Gasteiger partial charge in [0, 0.05) is 12.1 Å². The summed E-state index contributed by atoms with van der Waals surface area (Å²) in [5.74, 6) is 1.39. The van der Waals surface area contributed by atoms with Crippen molar-refractivity contribution in [3.8, 4) is 0 Å². The summed E-state index contributed by atoms with van der Waals surface area (Å²) in [4.78, 5) is 7.59. The van der Waals surface area contributed by atoms with Gasteiger partial charge in [0.05, 0.1) is 0 Å². The molecule has 0 bridgehead atoms. The van der Waals surface area contributed by atoms with E-state index in [4.69, 9.17) is 12.2 Å². The van der Waals surface area contributed by atoms with E-state index in [0.29, 0.717) is 5.92 Å². The van der Waals surface area contributed by atoms with Gasteiger partial charge in [0.2, 0.25) is 0 Å². The van der Waals surface area contributed by atoms with Gasteiger partial charge in [-0.2, -0.15) is 0 Å². The molecule has 3 heteroatoms. The Morgan fingerprint density at radius 3 is 3.00 bits per heavy atom. The van der Waals surface area contributed by atoms with E-state index in [2.05, 4.69) is 34.2 Å². The lowest BCUT2D eigenvalue weighted by Gasteiger charge is -2.10. The van der Waals surface area contributed by atoms with Gasteiger partial charge in [-0.1, -0.05) is 36.5 Å². The third-order valence-electron chi connectivity index (χ3n) is 3.15. The van der Waals surface area contributed by atoms with Crippen LogP contribution in [0.5, 0.6) is 0 Å². The third-order valence-corrected chi connectivity index (χ3v) is 3.39. The molecule has 1 aliphatic carbocycles.